The number of carbonyl (C=O) groups is 1. The normalized spacial score (nSPS) is 10.6. The molecule has 3 aromatic rings. The molecule has 126 valence electrons. The molecule has 0 aliphatic carbocycles. The van der Waals surface area contributed by atoms with E-state index < -0.39 is 5.82 Å². The van der Waals surface area contributed by atoms with Crippen LogP contribution in [0.3, 0.4) is 0 Å². The lowest BCUT2D eigenvalue weighted by molar-refractivity contribution is -0.697. The number of hydrogen-bond acceptors (Lipinski definition) is 1. The van der Waals surface area contributed by atoms with Crippen LogP contribution in [0.1, 0.15) is 23.2 Å². The molecule has 0 saturated heterocycles. The number of benzene rings is 2. The van der Waals surface area contributed by atoms with E-state index in [2.05, 4.69) is 0 Å². The van der Waals surface area contributed by atoms with Gasteiger partial charge < -0.3 is 0 Å². The van der Waals surface area contributed by atoms with Crippen molar-refractivity contribution in [3.05, 3.63) is 89.5 Å². The van der Waals surface area contributed by atoms with E-state index in [0.717, 1.165) is 11.1 Å². The maximum atomic E-state index is 13.6. The third-order valence-electron chi connectivity index (χ3n) is 4.06. The average Bonchev–Trinajstić information content (AvgIpc) is 2.63. The standard InChI is InChI=1S/C21H18ClFNO/c22-18-9-7-16(8-10-18)17-11-14-24(15-12-17)13-3-6-21(25)19-4-1-2-5-20(19)23/h1-2,4-5,7-12,14-15H,3,6,13H2/q+1. The first-order chi connectivity index (χ1) is 12.1. The van der Waals surface area contributed by atoms with Crippen LogP contribution >= 0.6 is 11.6 Å². The Morgan fingerprint density at radius 2 is 1.56 bits per heavy atom. The highest BCUT2D eigenvalue weighted by Gasteiger charge is 2.11. The predicted octanol–water partition coefficient (Wildman–Crippen LogP) is 5.10. The number of pyridine rings is 1. The van der Waals surface area contributed by atoms with Gasteiger partial charge in [-0.05, 0) is 35.4 Å². The summed E-state index contributed by atoms with van der Waals surface area (Å²) in [4.78, 5) is 12.1. The largest absolute Gasteiger partial charge is 0.294 e. The number of carbonyl (C=O) groups excluding carboxylic acids is 1. The van der Waals surface area contributed by atoms with Crippen molar-refractivity contribution >= 4 is 17.4 Å². The molecule has 3 rings (SSSR count). The quantitative estimate of drug-likeness (QED) is 0.446. The van der Waals surface area contributed by atoms with Gasteiger partial charge in [-0.3, -0.25) is 4.79 Å². The number of rotatable bonds is 6. The highest BCUT2D eigenvalue weighted by molar-refractivity contribution is 6.30. The van der Waals surface area contributed by atoms with Crippen molar-refractivity contribution in [3.8, 4) is 11.1 Å². The summed E-state index contributed by atoms with van der Waals surface area (Å²) in [6, 6.07) is 17.9. The minimum absolute atomic E-state index is 0.156. The maximum absolute atomic E-state index is 13.6. The van der Waals surface area contributed by atoms with E-state index >= 15 is 0 Å². The van der Waals surface area contributed by atoms with E-state index in [1.807, 2.05) is 53.4 Å². The fourth-order valence-electron chi connectivity index (χ4n) is 2.69. The number of hydrogen-bond donors (Lipinski definition) is 0. The first-order valence-corrected chi connectivity index (χ1v) is 8.54. The maximum Gasteiger partial charge on any atom is 0.169 e. The van der Waals surface area contributed by atoms with Crippen molar-refractivity contribution in [2.75, 3.05) is 0 Å². The van der Waals surface area contributed by atoms with E-state index in [1.165, 1.54) is 12.1 Å². The van der Waals surface area contributed by atoms with Gasteiger partial charge in [-0.1, -0.05) is 35.9 Å². The number of nitrogens with zero attached hydrogens (tertiary/aromatic N) is 1. The summed E-state index contributed by atoms with van der Waals surface area (Å²) in [7, 11) is 0. The van der Waals surface area contributed by atoms with Crippen LogP contribution in [0.25, 0.3) is 11.1 Å². The fraction of sp³-hybridized carbons (Fsp3) is 0.143. The molecule has 1 aromatic heterocycles. The molecule has 0 amide bonds. The first-order valence-electron chi connectivity index (χ1n) is 8.16. The third kappa shape index (κ3) is 4.52. The lowest BCUT2D eigenvalue weighted by Crippen LogP contribution is -2.32. The van der Waals surface area contributed by atoms with Crippen LogP contribution in [-0.4, -0.2) is 5.78 Å². The molecular formula is C21H18ClFNO+. The minimum atomic E-state index is -0.451. The molecule has 0 fully saturated rings. The molecule has 0 radical (unpaired) electrons. The Hall–Kier alpha value is -2.52. The van der Waals surface area contributed by atoms with E-state index in [1.54, 1.807) is 12.1 Å². The molecule has 0 bridgehead atoms. The van der Waals surface area contributed by atoms with Gasteiger partial charge in [0.2, 0.25) is 0 Å². The molecule has 2 aromatic carbocycles. The Labute approximate surface area is 151 Å². The smallest absolute Gasteiger partial charge is 0.169 e. The molecular weight excluding hydrogens is 337 g/mol. The average molecular weight is 355 g/mol. The third-order valence-corrected chi connectivity index (χ3v) is 4.32. The summed E-state index contributed by atoms with van der Waals surface area (Å²) >= 11 is 5.91. The number of aromatic nitrogens is 1. The Bertz CT molecular complexity index is 860. The summed E-state index contributed by atoms with van der Waals surface area (Å²) in [5.41, 5.74) is 2.38. The molecule has 25 heavy (non-hydrogen) atoms. The van der Waals surface area contributed by atoms with Gasteiger partial charge in [0.25, 0.3) is 0 Å². The molecule has 0 atom stereocenters. The van der Waals surface area contributed by atoms with E-state index in [-0.39, 0.29) is 11.3 Å². The number of ketones is 1. The Balaban J connectivity index is 1.56. The van der Waals surface area contributed by atoms with E-state index in [9.17, 15) is 9.18 Å². The van der Waals surface area contributed by atoms with Gasteiger partial charge in [0.1, 0.15) is 12.4 Å². The number of halogens is 2. The molecule has 0 spiro atoms. The summed E-state index contributed by atoms with van der Waals surface area (Å²) in [6.45, 7) is 0.709. The Kier molecular flexibility index (Phi) is 5.56. The van der Waals surface area contributed by atoms with Crippen molar-refractivity contribution in [2.45, 2.75) is 19.4 Å². The Morgan fingerprint density at radius 1 is 0.920 bits per heavy atom. The molecule has 0 aliphatic rings. The predicted molar refractivity (Wildman–Crippen MR) is 97.0 cm³/mol. The van der Waals surface area contributed by atoms with Crippen LogP contribution in [0.15, 0.2) is 73.1 Å². The molecule has 0 saturated carbocycles. The lowest BCUT2D eigenvalue weighted by atomic mass is 10.1. The topological polar surface area (TPSA) is 20.9 Å². The lowest BCUT2D eigenvalue weighted by Gasteiger charge is -2.03. The van der Waals surface area contributed by atoms with Gasteiger partial charge in [-0.2, -0.15) is 0 Å². The van der Waals surface area contributed by atoms with Crippen molar-refractivity contribution in [2.24, 2.45) is 0 Å². The minimum Gasteiger partial charge on any atom is -0.294 e. The molecule has 1 heterocycles. The molecule has 0 N–H and O–H groups in total. The van der Waals surface area contributed by atoms with Crippen LogP contribution in [-0.2, 0) is 6.54 Å². The number of aryl methyl sites for hydroxylation is 1. The highest BCUT2D eigenvalue weighted by Crippen LogP contribution is 2.20. The zero-order chi connectivity index (χ0) is 17.6. The van der Waals surface area contributed by atoms with Gasteiger partial charge in [0.15, 0.2) is 18.2 Å². The second-order valence-electron chi connectivity index (χ2n) is 5.84. The van der Waals surface area contributed by atoms with Gasteiger partial charge >= 0.3 is 0 Å². The van der Waals surface area contributed by atoms with Gasteiger partial charge in [-0.25, -0.2) is 8.96 Å². The fourth-order valence-corrected chi connectivity index (χ4v) is 2.81. The van der Waals surface area contributed by atoms with Crippen molar-refractivity contribution in [1.82, 2.24) is 0 Å². The summed E-state index contributed by atoms with van der Waals surface area (Å²) in [5, 5.41) is 0.717. The van der Waals surface area contributed by atoms with Gasteiger partial charge in [-0.15, -0.1) is 0 Å². The first kappa shape index (κ1) is 17.3. The second kappa shape index (κ2) is 8.04. The van der Waals surface area contributed by atoms with Crippen LogP contribution in [0.5, 0.6) is 0 Å². The molecule has 2 nitrogen and oxygen atoms in total. The second-order valence-corrected chi connectivity index (χ2v) is 6.27. The molecule has 0 unspecified atom stereocenters. The van der Waals surface area contributed by atoms with Crippen LogP contribution in [0, 0.1) is 5.82 Å². The van der Waals surface area contributed by atoms with Crippen LogP contribution < -0.4 is 4.57 Å². The Morgan fingerprint density at radius 3 is 2.24 bits per heavy atom. The SMILES string of the molecule is O=C(CCC[n+]1ccc(-c2ccc(Cl)cc2)cc1)c1ccccc1F. The summed E-state index contributed by atoms with van der Waals surface area (Å²) < 4.78 is 15.6. The zero-order valence-electron chi connectivity index (χ0n) is 13.7. The highest BCUT2D eigenvalue weighted by atomic mass is 35.5. The van der Waals surface area contributed by atoms with Gasteiger partial charge in [0.05, 0.1) is 5.56 Å². The van der Waals surface area contributed by atoms with E-state index in [4.69, 9.17) is 11.6 Å². The van der Waals surface area contributed by atoms with Gasteiger partial charge in [0, 0.05) is 30.0 Å². The number of Topliss-reactive ketones (excluding diaryl/α,β-unsaturated/α-hetero) is 1. The van der Waals surface area contributed by atoms with Crippen LogP contribution in [0.4, 0.5) is 4.39 Å². The van der Waals surface area contributed by atoms with Crippen LogP contribution in [0.2, 0.25) is 5.02 Å². The summed E-state index contributed by atoms with van der Waals surface area (Å²) in [6.07, 6.45) is 4.96. The zero-order valence-corrected chi connectivity index (χ0v) is 14.4. The molecule has 0 aliphatic heterocycles. The van der Waals surface area contributed by atoms with Crippen molar-refractivity contribution in [3.63, 3.8) is 0 Å². The van der Waals surface area contributed by atoms with Crippen molar-refractivity contribution < 1.29 is 13.8 Å². The molecule has 4 heteroatoms. The summed E-state index contributed by atoms with van der Waals surface area (Å²) in [5.74, 6) is -0.607. The van der Waals surface area contributed by atoms with E-state index in [0.29, 0.717) is 24.4 Å². The monoisotopic (exact) mass is 354 g/mol. The van der Waals surface area contributed by atoms with Crippen molar-refractivity contribution in [1.29, 1.82) is 0 Å².